The van der Waals surface area contributed by atoms with Gasteiger partial charge in [-0.1, -0.05) is 12.1 Å². The van der Waals surface area contributed by atoms with Crippen molar-refractivity contribution in [1.29, 1.82) is 5.26 Å². The Balaban J connectivity index is 1.10. The highest BCUT2D eigenvalue weighted by Crippen LogP contribution is 2.38. The van der Waals surface area contributed by atoms with Crippen molar-refractivity contribution in [2.24, 2.45) is 0 Å². The average Bonchev–Trinajstić information content (AvgIpc) is 3.58. The fourth-order valence-corrected chi connectivity index (χ4v) is 6.12. The lowest BCUT2D eigenvalue weighted by Crippen LogP contribution is -2.44. The summed E-state index contributed by atoms with van der Waals surface area (Å²) in [5.41, 5.74) is 4.21. The Morgan fingerprint density at radius 1 is 1.02 bits per heavy atom. The molecule has 1 saturated heterocycles. The molecule has 3 heterocycles. The molecule has 0 bridgehead atoms. The highest BCUT2D eigenvalue weighted by molar-refractivity contribution is 5.68. The largest absolute Gasteiger partial charge is 0.495 e. The Kier molecular flexibility index (Phi) is 9.24. The van der Waals surface area contributed by atoms with Crippen LogP contribution in [0.3, 0.4) is 0 Å². The number of rotatable bonds is 10. The van der Waals surface area contributed by atoms with Crippen LogP contribution in [0.2, 0.25) is 0 Å². The minimum Gasteiger partial charge on any atom is -0.495 e. The van der Waals surface area contributed by atoms with E-state index in [0.29, 0.717) is 35.8 Å². The van der Waals surface area contributed by atoms with Gasteiger partial charge in [-0.05, 0) is 84.3 Å². The van der Waals surface area contributed by atoms with Gasteiger partial charge in [0.2, 0.25) is 5.95 Å². The first-order valence-electron chi connectivity index (χ1n) is 15.1. The van der Waals surface area contributed by atoms with Crippen molar-refractivity contribution in [1.82, 2.24) is 35.1 Å². The van der Waals surface area contributed by atoms with Crippen molar-refractivity contribution in [3.63, 3.8) is 0 Å². The van der Waals surface area contributed by atoms with E-state index in [1.807, 2.05) is 19.1 Å². The number of hydrogen-bond acceptors (Lipinski definition) is 11. The fourth-order valence-electron chi connectivity index (χ4n) is 6.12. The number of methoxy groups -OCH3 is 1. The molecule has 4 aromatic rings. The summed E-state index contributed by atoms with van der Waals surface area (Å²) in [7, 11) is 1.69. The molecule has 0 spiro atoms. The van der Waals surface area contributed by atoms with Gasteiger partial charge in [-0.2, -0.15) is 5.26 Å². The molecule has 12 nitrogen and oxygen atoms in total. The number of aromatic nitrogens is 6. The third kappa shape index (κ3) is 6.96. The van der Waals surface area contributed by atoms with Gasteiger partial charge < -0.3 is 19.5 Å². The number of nitriles is 1. The molecule has 1 N–H and O–H groups in total. The number of hydrogen-bond donors (Lipinski definition) is 1. The summed E-state index contributed by atoms with van der Waals surface area (Å²) >= 11 is 0. The summed E-state index contributed by atoms with van der Waals surface area (Å²) in [6.07, 6.45) is 9.58. The van der Waals surface area contributed by atoms with Crippen LogP contribution in [0, 0.1) is 11.3 Å². The van der Waals surface area contributed by atoms with Crippen LogP contribution in [-0.4, -0.2) is 80.6 Å². The van der Waals surface area contributed by atoms with E-state index in [-0.39, 0.29) is 6.10 Å². The van der Waals surface area contributed by atoms with Gasteiger partial charge in [0.1, 0.15) is 30.0 Å². The maximum Gasteiger partial charge on any atom is 0.227 e. The van der Waals surface area contributed by atoms with Crippen LogP contribution in [0.15, 0.2) is 55.1 Å². The lowest BCUT2D eigenvalue weighted by molar-refractivity contribution is 0.00729. The molecule has 12 heteroatoms. The number of tetrazole rings is 1. The zero-order valence-corrected chi connectivity index (χ0v) is 25.1. The first-order valence-corrected chi connectivity index (χ1v) is 15.1. The molecule has 2 aromatic carbocycles. The first kappa shape index (κ1) is 29.5. The highest BCUT2D eigenvalue weighted by atomic mass is 16.5. The molecule has 1 aliphatic heterocycles. The smallest absolute Gasteiger partial charge is 0.227 e. The topological polar surface area (TPSA) is 136 Å². The third-order valence-electron chi connectivity index (χ3n) is 8.45. The maximum atomic E-state index is 9.60. The molecule has 1 aliphatic carbocycles. The monoisotopic (exact) mass is 595 g/mol. The molecule has 2 aliphatic rings. The van der Waals surface area contributed by atoms with Gasteiger partial charge in [0.05, 0.1) is 38.1 Å². The van der Waals surface area contributed by atoms with Crippen LogP contribution in [0.1, 0.15) is 49.7 Å². The molecule has 44 heavy (non-hydrogen) atoms. The molecule has 0 radical (unpaired) electrons. The minimum absolute atomic E-state index is 0.254. The molecule has 2 aromatic heterocycles. The lowest BCUT2D eigenvalue weighted by Gasteiger charge is -2.39. The second-order valence-corrected chi connectivity index (χ2v) is 11.3. The summed E-state index contributed by atoms with van der Waals surface area (Å²) in [5, 5.41) is 24.1. The van der Waals surface area contributed by atoms with E-state index in [4.69, 9.17) is 14.2 Å². The van der Waals surface area contributed by atoms with Crippen molar-refractivity contribution in [2.75, 3.05) is 38.7 Å². The van der Waals surface area contributed by atoms with Crippen LogP contribution in [0.5, 0.6) is 11.5 Å². The third-order valence-corrected chi connectivity index (χ3v) is 8.45. The van der Waals surface area contributed by atoms with E-state index >= 15 is 0 Å². The van der Waals surface area contributed by atoms with Gasteiger partial charge in [-0.3, -0.25) is 4.90 Å². The Labute approximate surface area is 257 Å². The van der Waals surface area contributed by atoms with Gasteiger partial charge in [0, 0.05) is 37.1 Å². The summed E-state index contributed by atoms with van der Waals surface area (Å²) in [4.78, 5) is 11.7. The summed E-state index contributed by atoms with van der Waals surface area (Å²) in [6.45, 7) is 6.17. The molecule has 0 amide bonds. The van der Waals surface area contributed by atoms with Crippen molar-refractivity contribution in [2.45, 2.75) is 57.2 Å². The normalized spacial score (nSPS) is 19.6. The highest BCUT2D eigenvalue weighted by Gasteiger charge is 2.28. The molecule has 0 unspecified atom stereocenters. The second kappa shape index (κ2) is 13.8. The van der Waals surface area contributed by atoms with Crippen LogP contribution >= 0.6 is 0 Å². The number of benzene rings is 2. The van der Waals surface area contributed by atoms with Gasteiger partial charge >= 0.3 is 0 Å². The fraction of sp³-hybridized carbons (Fsp3) is 0.438. The molecule has 1 saturated carbocycles. The van der Waals surface area contributed by atoms with Crippen molar-refractivity contribution >= 4 is 11.6 Å². The SMILES string of the molecule is COc1cc([C@H]2CC[C@H](N3CCOCC3)CC2)ccc1Nc1ncc(-c2ccc(C#N)c(O[C@@H](C)Cn3cnnn3)c2)cn1. The van der Waals surface area contributed by atoms with E-state index in [1.54, 1.807) is 30.3 Å². The average molecular weight is 596 g/mol. The number of morpholine rings is 1. The van der Waals surface area contributed by atoms with Crippen molar-refractivity contribution in [3.8, 4) is 28.7 Å². The summed E-state index contributed by atoms with van der Waals surface area (Å²) in [6, 6.07) is 14.7. The van der Waals surface area contributed by atoms with E-state index in [2.05, 4.69) is 60.0 Å². The van der Waals surface area contributed by atoms with Gasteiger partial charge in [0.15, 0.2) is 0 Å². The summed E-state index contributed by atoms with van der Waals surface area (Å²) in [5.74, 6) is 2.25. The van der Waals surface area contributed by atoms with Crippen LogP contribution in [0.25, 0.3) is 11.1 Å². The molecular weight excluding hydrogens is 558 g/mol. The molecule has 6 rings (SSSR count). The Morgan fingerprint density at radius 2 is 1.82 bits per heavy atom. The Hall–Kier alpha value is -4.60. The quantitative estimate of drug-likeness (QED) is 0.276. The van der Waals surface area contributed by atoms with E-state index in [9.17, 15) is 5.26 Å². The molecule has 228 valence electrons. The predicted octanol–water partition coefficient (Wildman–Crippen LogP) is 4.58. The molecule has 2 fully saturated rings. The maximum absolute atomic E-state index is 9.60. The summed E-state index contributed by atoms with van der Waals surface area (Å²) < 4.78 is 19.0. The van der Waals surface area contributed by atoms with Gasteiger partial charge in [-0.15, -0.1) is 5.10 Å². The van der Waals surface area contributed by atoms with Crippen LogP contribution < -0.4 is 14.8 Å². The number of ether oxygens (including phenoxy) is 3. The molecule has 1 atom stereocenters. The second-order valence-electron chi connectivity index (χ2n) is 11.3. The van der Waals surface area contributed by atoms with Crippen LogP contribution in [0.4, 0.5) is 11.6 Å². The lowest BCUT2D eigenvalue weighted by atomic mass is 9.81. The van der Waals surface area contributed by atoms with Crippen LogP contribution in [-0.2, 0) is 11.3 Å². The Bertz CT molecular complexity index is 1560. The van der Waals surface area contributed by atoms with E-state index in [1.165, 1.54) is 37.6 Å². The van der Waals surface area contributed by atoms with E-state index in [0.717, 1.165) is 48.9 Å². The Morgan fingerprint density at radius 3 is 2.52 bits per heavy atom. The number of nitrogens with one attached hydrogen (secondary N) is 1. The van der Waals surface area contributed by atoms with E-state index < -0.39 is 0 Å². The van der Waals surface area contributed by atoms with Crippen molar-refractivity contribution < 1.29 is 14.2 Å². The van der Waals surface area contributed by atoms with Crippen molar-refractivity contribution in [3.05, 3.63) is 66.2 Å². The van der Waals surface area contributed by atoms with Gasteiger partial charge in [0.25, 0.3) is 0 Å². The molecular formula is C32H37N9O3. The number of anilines is 2. The zero-order valence-electron chi connectivity index (χ0n) is 25.1. The van der Waals surface area contributed by atoms with Gasteiger partial charge in [-0.25, -0.2) is 14.6 Å². The standard InChI is InChI=1S/C32H37N9O3/c1-22(20-41-21-36-38-39-41)44-30-15-25(3-4-26(30)17-33)27-18-34-32(35-19-27)37-29-10-7-24(16-31(29)42-2)23-5-8-28(9-6-23)40-11-13-43-14-12-40/h3-4,7,10,15-16,18-19,21-23,28H,5-6,8-9,11-14,20H2,1-2H3,(H,34,35,37)/t22-,23-,28-/m0/s1. The predicted molar refractivity (Wildman–Crippen MR) is 164 cm³/mol. The zero-order chi connectivity index (χ0) is 30.3. The number of nitrogens with zero attached hydrogens (tertiary/aromatic N) is 8. The first-order chi connectivity index (χ1) is 21.6. The minimum atomic E-state index is -0.254.